The van der Waals surface area contributed by atoms with E-state index in [9.17, 15) is 25.1 Å². The zero-order chi connectivity index (χ0) is 17.9. The molecule has 1 aromatic rings. The number of hydrogen-bond donors (Lipinski definition) is 1. The van der Waals surface area contributed by atoms with Crippen molar-refractivity contribution in [3.8, 4) is 5.75 Å². The van der Waals surface area contributed by atoms with Gasteiger partial charge in [-0.1, -0.05) is 20.8 Å². The summed E-state index contributed by atoms with van der Waals surface area (Å²) in [5, 5.41) is 33.0. The third-order valence-corrected chi connectivity index (χ3v) is 5.91. The van der Waals surface area contributed by atoms with Crippen LogP contribution in [0.25, 0.3) is 0 Å². The Morgan fingerprint density at radius 3 is 2.56 bits per heavy atom. The average molecular weight is 357 g/mol. The summed E-state index contributed by atoms with van der Waals surface area (Å²) in [7, 11) is 0. The first-order chi connectivity index (χ1) is 11.1. The number of aliphatic hydroxyl groups is 1. The standard InChI is InChI=1S/C17H21NO6.Na/c1-9-4-5-13(19)16(2,3)17(9)8-11-6-10(15(20)21)7-12(18(22)23)14(11)24-17;/h6-7,9,13,19H,4-5,8H2,1-3H3,(H,20,21);/q;+1/p-1/t9-,13+,17+;/m1./s1. The first-order valence-electron chi connectivity index (χ1n) is 8.00. The van der Waals surface area contributed by atoms with Crippen molar-refractivity contribution in [1.82, 2.24) is 0 Å². The summed E-state index contributed by atoms with van der Waals surface area (Å²) in [6.07, 6.45) is 1.11. The molecule has 1 spiro atoms. The van der Waals surface area contributed by atoms with Crippen molar-refractivity contribution < 1.29 is 54.2 Å². The third-order valence-electron chi connectivity index (χ3n) is 5.91. The quantitative estimate of drug-likeness (QED) is 0.390. The molecular formula is C17H20NNaO6. The molecule has 0 radical (unpaired) electrons. The van der Waals surface area contributed by atoms with Gasteiger partial charge in [-0.3, -0.25) is 10.1 Å². The monoisotopic (exact) mass is 357 g/mol. The Kier molecular flexibility index (Phi) is 5.27. The molecular weight excluding hydrogens is 337 g/mol. The first-order valence-corrected chi connectivity index (χ1v) is 8.00. The van der Waals surface area contributed by atoms with Gasteiger partial charge < -0.3 is 19.7 Å². The Morgan fingerprint density at radius 1 is 1.36 bits per heavy atom. The van der Waals surface area contributed by atoms with E-state index < -0.39 is 28.0 Å². The molecule has 7 nitrogen and oxygen atoms in total. The van der Waals surface area contributed by atoms with Gasteiger partial charge in [-0.05, 0) is 24.8 Å². The number of aliphatic hydroxyl groups excluding tert-OH is 1. The van der Waals surface area contributed by atoms with Crippen LogP contribution in [0.1, 0.15) is 49.5 Å². The Labute approximate surface area is 167 Å². The van der Waals surface area contributed by atoms with Crippen molar-refractivity contribution in [3.63, 3.8) is 0 Å². The number of hydrogen-bond acceptors (Lipinski definition) is 6. The Balaban J connectivity index is 0.00000225. The topological polar surface area (TPSA) is 113 Å². The number of nitrogens with zero attached hydrogens (tertiary/aromatic N) is 1. The smallest absolute Gasteiger partial charge is 0.545 e. The van der Waals surface area contributed by atoms with Crippen molar-refractivity contribution in [3.05, 3.63) is 33.4 Å². The van der Waals surface area contributed by atoms with E-state index in [1.165, 1.54) is 6.07 Å². The van der Waals surface area contributed by atoms with E-state index in [1.54, 1.807) is 0 Å². The molecule has 8 heteroatoms. The van der Waals surface area contributed by atoms with Gasteiger partial charge in [-0.25, -0.2) is 0 Å². The molecule has 1 aromatic carbocycles. The minimum Gasteiger partial charge on any atom is -0.545 e. The van der Waals surface area contributed by atoms with Crippen molar-refractivity contribution in [2.45, 2.75) is 51.7 Å². The van der Waals surface area contributed by atoms with Crippen LogP contribution in [0.4, 0.5) is 5.69 Å². The number of carboxylic acid groups (broad SMARTS) is 1. The molecule has 0 unspecified atom stereocenters. The second-order valence-electron chi connectivity index (χ2n) is 7.41. The molecule has 0 aromatic heterocycles. The predicted molar refractivity (Wildman–Crippen MR) is 82.7 cm³/mol. The summed E-state index contributed by atoms with van der Waals surface area (Å²) in [5.74, 6) is -1.29. The molecule has 2 aliphatic rings. The summed E-state index contributed by atoms with van der Waals surface area (Å²) in [5.41, 5.74) is -1.55. The van der Waals surface area contributed by atoms with Crippen molar-refractivity contribution in [2.75, 3.05) is 0 Å². The maximum Gasteiger partial charge on any atom is 1.00 e. The molecule has 3 atom stereocenters. The van der Waals surface area contributed by atoms with E-state index in [-0.39, 0.29) is 52.5 Å². The van der Waals surface area contributed by atoms with Gasteiger partial charge in [0.05, 0.1) is 17.0 Å². The molecule has 1 aliphatic carbocycles. The molecule has 0 amide bonds. The number of fused-ring (bicyclic) bond motifs is 1. The van der Waals surface area contributed by atoms with Gasteiger partial charge in [-0.2, -0.15) is 0 Å². The van der Waals surface area contributed by atoms with Gasteiger partial charge in [0.15, 0.2) is 0 Å². The van der Waals surface area contributed by atoms with Crippen molar-refractivity contribution in [2.24, 2.45) is 11.3 Å². The Hall–Kier alpha value is -1.15. The molecule has 1 heterocycles. The van der Waals surface area contributed by atoms with Crippen molar-refractivity contribution in [1.29, 1.82) is 0 Å². The fraction of sp³-hybridized carbons (Fsp3) is 0.588. The normalized spacial score (nSPS) is 29.4. The molecule has 3 rings (SSSR count). The summed E-state index contributed by atoms with van der Waals surface area (Å²) in [4.78, 5) is 21.9. The van der Waals surface area contributed by atoms with E-state index >= 15 is 0 Å². The van der Waals surface area contributed by atoms with E-state index in [0.29, 0.717) is 18.4 Å². The number of carbonyl (C=O) groups is 1. The second-order valence-corrected chi connectivity index (χ2v) is 7.41. The maximum atomic E-state index is 11.4. The summed E-state index contributed by atoms with van der Waals surface area (Å²) < 4.78 is 6.15. The van der Waals surface area contributed by atoms with Crippen LogP contribution in [0.15, 0.2) is 12.1 Å². The zero-order valence-corrected chi connectivity index (χ0v) is 16.9. The van der Waals surface area contributed by atoms with E-state index in [4.69, 9.17) is 4.74 Å². The fourth-order valence-corrected chi connectivity index (χ4v) is 4.23. The number of ether oxygens (including phenoxy) is 1. The number of benzene rings is 1. The molecule has 0 saturated heterocycles. The van der Waals surface area contributed by atoms with Crippen LogP contribution in [-0.2, 0) is 6.42 Å². The van der Waals surface area contributed by atoms with E-state index in [0.717, 1.165) is 12.5 Å². The van der Waals surface area contributed by atoms with Gasteiger partial charge >= 0.3 is 35.2 Å². The first kappa shape index (κ1) is 20.2. The summed E-state index contributed by atoms with van der Waals surface area (Å²) >= 11 is 0. The molecule has 25 heavy (non-hydrogen) atoms. The third kappa shape index (κ3) is 2.87. The van der Waals surface area contributed by atoms with Crippen LogP contribution >= 0.6 is 0 Å². The van der Waals surface area contributed by atoms with Gasteiger partial charge in [0.2, 0.25) is 5.75 Å². The fourth-order valence-electron chi connectivity index (χ4n) is 4.23. The maximum absolute atomic E-state index is 11.4. The molecule has 1 N–H and O–H groups in total. The SMILES string of the molecule is C[C@@H]1CC[C@H](O)C(C)(C)[C@]12Cc1cc(C(=O)[O-])cc([N+](=O)[O-])c1O2.[Na+]. The Morgan fingerprint density at radius 2 is 2.00 bits per heavy atom. The number of carboxylic acids is 1. The van der Waals surface area contributed by atoms with Crippen LogP contribution in [-0.4, -0.2) is 27.7 Å². The molecule has 1 saturated carbocycles. The van der Waals surface area contributed by atoms with Gasteiger partial charge in [0, 0.05) is 29.0 Å². The van der Waals surface area contributed by atoms with Crippen LogP contribution in [0, 0.1) is 21.4 Å². The van der Waals surface area contributed by atoms with Crippen LogP contribution in [0.3, 0.4) is 0 Å². The number of rotatable bonds is 2. The van der Waals surface area contributed by atoms with E-state index in [1.807, 2.05) is 20.8 Å². The minimum absolute atomic E-state index is 0. The zero-order valence-electron chi connectivity index (χ0n) is 14.9. The number of nitro groups is 1. The number of carbonyl (C=O) groups excluding carboxylic acids is 1. The van der Waals surface area contributed by atoms with E-state index in [2.05, 4.69) is 0 Å². The van der Waals surface area contributed by atoms with Gasteiger partial charge in [0.1, 0.15) is 5.60 Å². The largest absolute Gasteiger partial charge is 1.00 e. The second kappa shape index (κ2) is 6.54. The number of aromatic carboxylic acids is 1. The summed E-state index contributed by atoms with van der Waals surface area (Å²) in [6.45, 7) is 5.79. The summed E-state index contributed by atoms with van der Waals surface area (Å²) in [6, 6.07) is 2.36. The Bertz CT molecular complexity index is 734. The minimum atomic E-state index is -1.46. The number of nitro benzene ring substituents is 1. The van der Waals surface area contributed by atoms with Crippen molar-refractivity contribution >= 4 is 11.7 Å². The van der Waals surface area contributed by atoms with Crippen LogP contribution in [0.2, 0.25) is 0 Å². The molecule has 1 fully saturated rings. The predicted octanol–water partition coefficient (Wildman–Crippen LogP) is -1.55. The van der Waals surface area contributed by atoms with Gasteiger partial charge in [0.25, 0.3) is 0 Å². The van der Waals surface area contributed by atoms with Crippen LogP contribution in [0.5, 0.6) is 5.75 Å². The molecule has 130 valence electrons. The molecule has 1 aliphatic heterocycles. The molecule has 0 bridgehead atoms. The average Bonchev–Trinajstić information content (AvgIpc) is 2.90. The van der Waals surface area contributed by atoms with Crippen LogP contribution < -0.4 is 39.4 Å². The van der Waals surface area contributed by atoms with Gasteiger partial charge in [-0.15, -0.1) is 0 Å².